The second-order valence-corrected chi connectivity index (χ2v) is 6.74. The number of benzene rings is 2. The fourth-order valence-electron chi connectivity index (χ4n) is 3.78. The number of aryl methyl sites for hydroxylation is 1. The lowest BCUT2D eigenvalue weighted by Gasteiger charge is -2.29. The first-order valence-corrected chi connectivity index (χ1v) is 8.98. The lowest BCUT2D eigenvalue weighted by Crippen LogP contribution is -2.35. The number of fused-ring (bicyclic) bond motifs is 1. The van der Waals surface area contributed by atoms with Crippen LogP contribution in [0.3, 0.4) is 0 Å². The Morgan fingerprint density at radius 2 is 1.71 bits per heavy atom. The number of para-hydroxylation sites is 1. The lowest BCUT2D eigenvalue weighted by molar-refractivity contribution is 0.0985. The molecule has 2 aromatic rings. The number of carbonyl (C=O) groups excluding carboxylic acids is 1. The maximum Gasteiger partial charge on any atom is 0.258 e. The molecule has 0 radical (unpaired) electrons. The van der Waals surface area contributed by atoms with Crippen molar-refractivity contribution in [2.75, 3.05) is 11.4 Å². The van der Waals surface area contributed by atoms with E-state index in [9.17, 15) is 4.79 Å². The van der Waals surface area contributed by atoms with E-state index in [-0.39, 0.29) is 5.91 Å². The molecule has 124 valence electrons. The SMILES string of the molecule is O=C(c1ccc(OC2CCCC2)cc1)N1CCCc2ccccc21. The summed E-state index contributed by atoms with van der Waals surface area (Å²) in [6.45, 7) is 0.788. The highest BCUT2D eigenvalue weighted by atomic mass is 16.5. The predicted molar refractivity (Wildman–Crippen MR) is 95.8 cm³/mol. The van der Waals surface area contributed by atoms with E-state index in [4.69, 9.17) is 4.74 Å². The van der Waals surface area contributed by atoms with Gasteiger partial charge in [-0.05, 0) is 74.4 Å². The van der Waals surface area contributed by atoms with Crippen molar-refractivity contribution in [3.8, 4) is 5.75 Å². The molecule has 1 fully saturated rings. The summed E-state index contributed by atoms with van der Waals surface area (Å²) in [5.74, 6) is 0.951. The summed E-state index contributed by atoms with van der Waals surface area (Å²) in [6, 6.07) is 15.9. The number of hydrogen-bond donors (Lipinski definition) is 0. The molecule has 0 atom stereocenters. The molecule has 3 nitrogen and oxygen atoms in total. The van der Waals surface area contributed by atoms with E-state index in [1.165, 1.54) is 18.4 Å². The smallest absolute Gasteiger partial charge is 0.258 e. The highest BCUT2D eigenvalue weighted by Gasteiger charge is 2.23. The summed E-state index contributed by atoms with van der Waals surface area (Å²) in [4.78, 5) is 14.8. The van der Waals surface area contributed by atoms with Gasteiger partial charge in [-0.3, -0.25) is 4.79 Å². The number of anilines is 1. The van der Waals surface area contributed by atoms with Crippen LogP contribution in [0.25, 0.3) is 0 Å². The van der Waals surface area contributed by atoms with E-state index < -0.39 is 0 Å². The van der Waals surface area contributed by atoms with Gasteiger partial charge in [0.25, 0.3) is 5.91 Å². The summed E-state index contributed by atoms with van der Waals surface area (Å²) >= 11 is 0. The molecule has 1 heterocycles. The van der Waals surface area contributed by atoms with Crippen LogP contribution >= 0.6 is 0 Å². The molecule has 0 unspecified atom stereocenters. The Balaban J connectivity index is 1.50. The van der Waals surface area contributed by atoms with Crippen LogP contribution in [-0.2, 0) is 6.42 Å². The van der Waals surface area contributed by atoms with Crippen LogP contribution in [-0.4, -0.2) is 18.6 Å². The first kappa shape index (κ1) is 15.3. The molecule has 1 aliphatic heterocycles. The summed E-state index contributed by atoms with van der Waals surface area (Å²) in [5.41, 5.74) is 3.05. The minimum absolute atomic E-state index is 0.0783. The van der Waals surface area contributed by atoms with E-state index in [0.29, 0.717) is 6.10 Å². The van der Waals surface area contributed by atoms with E-state index in [1.54, 1.807) is 0 Å². The largest absolute Gasteiger partial charge is 0.490 e. The molecule has 24 heavy (non-hydrogen) atoms. The van der Waals surface area contributed by atoms with Gasteiger partial charge in [-0.25, -0.2) is 0 Å². The van der Waals surface area contributed by atoms with Crippen molar-refractivity contribution in [1.82, 2.24) is 0 Å². The molecule has 0 spiro atoms. The van der Waals surface area contributed by atoms with Gasteiger partial charge in [0.15, 0.2) is 0 Å². The van der Waals surface area contributed by atoms with Crippen molar-refractivity contribution >= 4 is 11.6 Å². The molecular formula is C21H23NO2. The predicted octanol–water partition coefficient (Wildman–Crippen LogP) is 4.60. The van der Waals surface area contributed by atoms with E-state index >= 15 is 0 Å². The summed E-state index contributed by atoms with van der Waals surface area (Å²) < 4.78 is 5.99. The van der Waals surface area contributed by atoms with E-state index in [0.717, 1.165) is 49.2 Å². The standard InChI is InChI=1S/C21H23NO2/c23-21(22-15-5-7-16-6-1-4-10-20(16)22)17-11-13-19(14-12-17)24-18-8-2-3-9-18/h1,4,6,10-14,18H,2-3,5,7-9,15H2. The van der Waals surface area contributed by atoms with Crippen LogP contribution < -0.4 is 9.64 Å². The zero-order chi connectivity index (χ0) is 16.4. The molecule has 1 saturated carbocycles. The fourth-order valence-corrected chi connectivity index (χ4v) is 3.78. The highest BCUT2D eigenvalue weighted by Crippen LogP contribution is 2.29. The Labute approximate surface area is 143 Å². The van der Waals surface area contributed by atoms with Gasteiger partial charge in [-0.1, -0.05) is 18.2 Å². The minimum Gasteiger partial charge on any atom is -0.490 e. The van der Waals surface area contributed by atoms with Crippen LogP contribution in [0, 0.1) is 0 Å². The molecule has 0 aromatic heterocycles. The van der Waals surface area contributed by atoms with Crippen LogP contribution in [0.5, 0.6) is 5.75 Å². The first-order chi connectivity index (χ1) is 11.8. The van der Waals surface area contributed by atoms with Crippen molar-refractivity contribution in [1.29, 1.82) is 0 Å². The number of carbonyl (C=O) groups is 1. The Bertz CT molecular complexity index is 717. The topological polar surface area (TPSA) is 29.5 Å². The Hall–Kier alpha value is -2.29. The second kappa shape index (κ2) is 6.68. The number of amides is 1. The van der Waals surface area contributed by atoms with Crippen LogP contribution in [0.2, 0.25) is 0 Å². The third-order valence-corrected chi connectivity index (χ3v) is 5.06. The van der Waals surface area contributed by atoms with E-state index in [2.05, 4.69) is 6.07 Å². The normalized spacial score (nSPS) is 17.6. The maximum absolute atomic E-state index is 12.9. The Morgan fingerprint density at radius 1 is 0.958 bits per heavy atom. The zero-order valence-corrected chi connectivity index (χ0v) is 13.9. The highest BCUT2D eigenvalue weighted by molar-refractivity contribution is 6.06. The second-order valence-electron chi connectivity index (χ2n) is 6.74. The number of nitrogens with zero attached hydrogens (tertiary/aromatic N) is 1. The number of hydrogen-bond acceptors (Lipinski definition) is 2. The molecule has 0 bridgehead atoms. The molecule has 2 aliphatic rings. The van der Waals surface area contributed by atoms with Crippen LogP contribution in [0.1, 0.15) is 48.0 Å². The molecule has 0 saturated heterocycles. The molecule has 3 heteroatoms. The van der Waals surface area contributed by atoms with Gasteiger partial charge in [0.1, 0.15) is 5.75 Å². The quantitative estimate of drug-likeness (QED) is 0.827. The Morgan fingerprint density at radius 3 is 2.50 bits per heavy atom. The van der Waals surface area contributed by atoms with E-state index in [1.807, 2.05) is 47.4 Å². The van der Waals surface area contributed by atoms with Crippen molar-refractivity contribution in [2.24, 2.45) is 0 Å². The molecule has 1 amide bonds. The average Bonchev–Trinajstić information content (AvgIpc) is 3.14. The molecular weight excluding hydrogens is 298 g/mol. The zero-order valence-electron chi connectivity index (χ0n) is 13.9. The molecule has 0 N–H and O–H groups in total. The minimum atomic E-state index is 0.0783. The number of ether oxygens (including phenoxy) is 1. The van der Waals surface area contributed by atoms with Gasteiger partial charge in [-0.2, -0.15) is 0 Å². The van der Waals surface area contributed by atoms with Gasteiger partial charge in [0, 0.05) is 17.8 Å². The van der Waals surface area contributed by atoms with Crippen molar-refractivity contribution in [2.45, 2.75) is 44.6 Å². The van der Waals surface area contributed by atoms with Crippen LogP contribution in [0.15, 0.2) is 48.5 Å². The van der Waals surface area contributed by atoms with Gasteiger partial charge in [0.2, 0.25) is 0 Å². The third kappa shape index (κ3) is 3.03. The summed E-state index contributed by atoms with van der Waals surface area (Å²) in [6.07, 6.45) is 7.22. The first-order valence-electron chi connectivity index (χ1n) is 8.98. The summed E-state index contributed by atoms with van der Waals surface area (Å²) in [7, 11) is 0. The maximum atomic E-state index is 12.9. The molecule has 4 rings (SSSR count). The Kier molecular flexibility index (Phi) is 4.24. The van der Waals surface area contributed by atoms with Crippen LogP contribution in [0.4, 0.5) is 5.69 Å². The van der Waals surface area contributed by atoms with Gasteiger partial charge >= 0.3 is 0 Å². The molecule has 1 aliphatic carbocycles. The monoisotopic (exact) mass is 321 g/mol. The lowest BCUT2D eigenvalue weighted by atomic mass is 10.0. The summed E-state index contributed by atoms with van der Waals surface area (Å²) in [5, 5.41) is 0. The van der Waals surface area contributed by atoms with Gasteiger partial charge < -0.3 is 9.64 Å². The molecule has 2 aromatic carbocycles. The fraction of sp³-hybridized carbons (Fsp3) is 0.381. The van der Waals surface area contributed by atoms with Crippen molar-refractivity contribution in [3.63, 3.8) is 0 Å². The van der Waals surface area contributed by atoms with Gasteiger partial charge in [0.05, 0.1) is 6.10 Å². The van der Waals surface area contributed by atoms with Crippen molar-refractivity contribution in [3.05, 3.63) is 59.7 Å². The van der Waals surface area contributed by atoms with Gasteiger partial charge in [-0.15, -0.1) is 0 Å². The average molecular weight is 321 g/mol. The number of rotatable bonds is 3. The third-order valence-electron chi connectivity index (χ3n) is 5.06. The van der Waals surface area contributed by atoms with Crippen molar-refractivity contribution < 1.29 is 9.53 Å².